The number of carbonyl (C=O) groups excluding carboxylic acids is 2. The summed E-state index contributed by atoms with van der Waals surface area (Å²) >= 11 is 0. The fourth-order valence-electron chi connectivity index (χ4n) is 4.97. The number of rotatable bonds is 11. The van der Waals surface area contributed by atoms with Crippen molar-refractivity contribution < 1.29 is 32.3 Å². The molecular weight excluding hydrogens is 485 g/mol. The zero-order valence-corrected chi connectivity index (χ0v) is 21.0. The van der Waals surface area contributed by atoms with Gasteiger partial charge in [-0.2, -0.15) is 13.9 Å². The average Bonchev–Trinajstić information content (AvgIpc) is 3.74. The molecule has 200 valence electrons. The summed E-state index contributed by atoms with van der Waals surface area (Å²) in [6, 6.07) is 15.6. The van der Waals surface area contributed by atoms with Crippen LogP contribution in [-0.4, -0.2) is 67.7 Å². The molecule has 2 unspecified atom stereocenters. The standard InChI is InChI=1S/C28H33F3N2O4/c1-36-26(34)22-8-10-23(11-9-22)37-17-5-14-32-15-12-20(13-16-32)19-33(31)27(35)28(29,30)25-18-24(25)21-6-3-2-4-7-21/h2-4,6-11,20,24-25H,5,12-19H2,1H3. The molecule has 1 aliphatic heterocycles. The van der Waals surface area contributed by atoms with E-state index in [1.165, 1.54) is 7.11 Å². The molecule has 6 nitrogen and oxygen atoms in total. The van der Waals surface area contributed by atoms with Gasteiger partial charge in [0.1, 0.15) is 5.75 Å². The largest absolute Gasteiger partial charge is 0.494 e. The van der Waals surface area contributed by atoms with Crippen molar-refractivity contribution in [1.29, 1.82) is 0 Å². The Labute approximate surface area is 215 Å². The molecule has 0 aromatic heterocycles. The van der Waals surface area contributed by atoms with Crippen LogP contribution in [0.15, 0.2) is 54.6 Å². The highest BCUT2D eigenvalue weighted by Crippen LogP contribution is 2.56. The number of methoxy groups -OCH3 is 1. The van der Waals surface area contributed by atoms with E-state index in [-0.39, 0.29) is 24.0 Å². The van der Waals surface area contributed by atoms with Gasteiger partial charge in [0.25, 0.3) is 0 Å². The van der Waals surface area contributed by atoms with Crippen molar-refractivity contribution >= 4 is 11.9 Å². The summed E-state index contributed by atoms with van der Waals surface area (Å²) in [5.74, 6) is -6.84. The number of hydrogen-bond acceptors (Lipinski definition) is 5. The molecular formula is C28H33F3N2O4. The van der Waals surface area contributed by atoms with Crippen LogP contribution in [0.25, 0.3) is 0 Å². The second-order valence-electron chi connectivity index (χ2n) is 9.84. The van der Waals surface area contributed by atoms with E-state index in [4.69, 9.17) is 4.74 Å². The second kappa shape index (κ2) is 12.0. The molecule has 2 atom stereocenters. The average molecular weight is 519 g/mol. The van der Waals surface area contributed by atoms with Gasteiger partial charge in [0.05, 0.1) is 25.8 Å². The maximum Gasteiger partial charge on any atom is 0.337 e. The van der Waals surface area contributed by atoms with Crippen molar-refractivity contribution in [2.75, 3.05) is 39.9 Å². The SMILES string of the molecule is COC(=O)c1ccc(OCCCN2CCC(CN(F)C(=O)C(F)(F)C3CC3c3ccccc3)CC2)cc1. The number of likely N-dealkylation sites (tertiary alicyclic amines) is 1. The van der Waals surface area contributed by atoms with Crippen LogP contribution >= 0.6 is 0 Å². The van der Waals surface area contributed by atoms with Crippen molar-refractivity contribution in [3.63, 3.8) is 0 Å². The van der Waals surface area contributed by atoms with Crippen LogP contribution in [0.3, 0.4) is 0 Å². The van der Waals surface area contributed by atoms with Crippen molar-refractivity contribution in [3.8, 4) is 5.75 Å². The first-order valence-corrected chi connectivity index (χ1v) is 12.7. The Kier molecular flexibility index (Phi) is 8.74. The molecule has 1 saturated carbocycles. The monoisotopic (exact) mass is 518 g/mol. The van der Waals surface area contributed by atoms with E-state index in [0.717, 1.165) is 31.6 Å². The fourth-order valence-corrected chi connectivity index (χ4v) is 4.97. The first kappa shape index (κ1) is 27.0. The molecule has 1 amide bonds. The van der Waals surface area contributed by atoms with Gasteiger partial charge in [-0.25, -0.2) is 4.79 Å². The first-order valence-electron chi connectivity index (χ1n) is 12.7. The molecule has 9 heteroatoms. The zero-order valence-electron chi connectivity index (χ0n) is 21.0. The van der Waals surface area contributed by atoms with Crippen LogP contribution in [0.1, 0.15) is 47.5 Å². The molecule has 0 bridgehead atoms. The molecule has 37 heavy (non-hydrogen) atoms. The van der Waals surface area contributed by atoms with Gasteiger partial charge in [0.15, 0.2) is 0 Å². The minimum absolute atomic E-state index is 0.144. The summed E-state index contributed by atoms with van der Waals surface area (Å²) in [7, 11) is 1.33. The van der Waals surface area contributed by atoms with E-state index in [1.807, 2.05) is 0 Å². The number of alkyl halides is 2. The Morgan fingerprint density at radius 2 is 1.73 bits per heavy atom. The number of hydrogen-bond donors (Lipinski definition) is 0. The highest BCUT2D eigenvalue weighted by Gasteiger charge is 2.61. The number of benzene rings is 2. The molecule has 1 saturated heterocycles. The molecule has 1 heterocycles. The maximum atomic E-state index is 14.7. The first-order chi connectivity index (χ1) is 17.8. The lowest BCUT2D eigenvalue weighted by molar-refractivity contribution is -0.178. The van der Waals surface area contributed by atoms with Crippen LogP contribution in [-0.2, 0) is 9.53 Å². The van der Waals surface area contributed by atoms with E-state index >= 15 is 0 Å². The Bertz CT molecular complexity index is 1040. The van der Waals surface area contributed by atoms with E-state index < -0.39 is 29.6 Å². The van der Waals surface area contributed by atoms with Crippen molar-refractivity contribution in [1.82, 2.24) is 10.0 Å². The third-order valence-corrected chi connectivity index (χ3v) is 7.28. The summed E-state index contributed by atoms with van der Waals surface area (Å²) in [6.07, 6.45) is 2.27. The van der Waals surface area contributed by atoms with Gasteiger partial charge in [0.2, 0.25) is 0 Å². The minimum atomic E-state index is -3.70. The Morgan fingerprint density at radius 3 is 2.38 bits per heavy atom. The summed E-state index contributed by atoms with van der Waals surface area (Å²) in [4.78, 5) is 26.0. The Balaban J connectivity index is 1.13. The fraction of sp³-hybridized carbons (Fsp3) is 0.500. The van der Waals surface area contributed by atoms with Crippen molar-refractivity contribution in [2.45, 2.75) is 37.5 Å². The number of halogens is 3. The summed E-state index contributed by atoms with van der Waals surface area (Å²) in [6.45, 7) is 2.44. The van der Waals surface area contributed by atoms with Gasteiger partial charge in [-0.05, 0) is 80.4 Å². The Morgan fingerprint density at radius 1 is 1.05 bits per heavy atom. The normalized spacial score (nSPS) is 20.3. The highest BCUT2D eigenvalue weighted by molar-refractivity contribution is 5.89. The van der Waals surface area contributed by atoms with Gasteiger partial charge in [-0.15, -0.1) is 0 Å². The van der Waals surface area contributed by atoms with E-state index in [0.29, 0.717) is 30.8 Å². The molecule has 0 N–H and O–H groups in total. The third-order valence-electron chi connectivity index (χ3n) is 7.28. The van der Waals surface area contributed by atoms with Gasteiger partial charge in [-0.1, -0.05) is 34.8 Å². The second-order valence-corrected chi connectivity index (χ2v) is 9.84. The summed E-state index contributed by atoms with van der Waals surface area (Å²) in [5.41, 5.74) is 1.22. The topological polar surface area (TPSA) is 59.1 Å². The zero-order chi connectivity index (χ0) is 26.4. The van der Waals surface area contributed by atoms with Gasteiger partial charge in [-0.3, -0.25) is 4.79 Å². The van der Waals surface area contributed by atoms with Crippen molar-refractivity contribution in [2.24, 2.45) is 11.8 Å². The Hall–Kier alpha value is -3.07. The van der Waals surface area contributed by atoms with Crippen LogP contribution < -0.4 is 4.74 Å². The lowest BCUT2D eigenvalue weighted by Crippen LogP contribution is -2.45. The van der Waals surface area contributed by atoms with E-state index in [1.54, 1.807) is 54.6 Å². The predicted octanol–water partition coefficient (Wildman–Crippen LogP) is 5.11. The molecule has 1 aliphatic carbocycles. The van der Waals surface area contributed by atoms with Crippen molar-refractivity contribution in [3.05, 3.63) is 65.7 Å². The third kappa shape index (κ3) is 6.83. The number of carbonyl (C=O) groups is 2. The molecule has 4 rings (SSSR count). The number of amides is 1. The predicted molar refractivity (Wildman–Crippen MR) is 132 cm³/mol. The smallest absolute Gasteiger partial charge is 0.337 e. The van der Waals surface area contributed by atoms with Crippen LogP contribution in [0.5, 0.6) is 5.75 Å². The van der Waals surface area contributed by atoms with E-state index in [2.05, 4.69) is 9.64 Å². The number of piperidine rings is 1. The molecule has 2 aromatic rings. The summed E-state index contributed by atoms with van der Waals surface area (Å²) in [5, 5.41) is -0.250. The lowest BCUT2D eigenvalue weighted by Gasteiger charge is -2.33. The van der Waals surface area contributed by atoms with Crippen LogP contribution in [0.2, 0.25) is 0 Å². The highest BCUT2D eigenvalue weighted by atomic mass is 19.3. The van der Waals surface area contributed by atoms with Gasteiger partial charge < -0.3 is 14.4 Å². The van der Waals surface area contributed by atoms with Crippen LogP contribution in [0, 0.1) is 11.8 Å². The molecule has 2 fully saturated rings. The molecule has 2 aromatic carbocycles. The van der Waals surface area contributed by atoms with Crippen LogP contribution in [0.4, 0.5) is 13.3 Å². The molecule has 0 radical (unpaired) electrons. The number of nitrogens with zero attached hydrogens (tertiary/aromatic N) is 2. The summed E-state index contributed by atoms with van der Waals surface area (Å²) < 4.78 is 54.3. The number of ether oxygens (including phenoxy) is 2. The minimum Gasteiger partial charge on any atom is -0.494 e. The van der Waals surface area contributed by atoms with Gasteiger partial charge >= 0.3 is 17.8 Å². The van der Waals surface area contributed by atoms with E-state index in [9.17, 15) is 22.9 Å². The van der Waals surface area contributed by atoms with Gasteiger partial charge in [0, 0.05) is 12.5 Å². The maximum absolute atomic E-state index is 14.7. The molecule has 0 spiro atoms. The molecule has 2 aliphatic rings. The quantitative estimate of drug-likeness (QED) is 0.235. The number of esters is 1. The lowest BCUT2D eigenvalue weighted by atomic mass is 9.96.